The van der Waals surface area contributed by atoms with Crippen molar-refractivity contribution in [1.29, 1.82) is 5.26 Å². The Balaban J connectivity index is 1.94. The van der Waals surface area contributed by atoms with E-state index in [1.165, 1.54) is 25.8 Å². The van der Waals surface area contributed by atoms with Gasteiger partial charge in [-0.3, -0.25) is 4.90 Å². The van der Waals surface area contributed by atoms with Crippen LogP contribution in [0.15, 0.2) is 6.07 Å². The molecule has 2 aliphatic heterocycles. The fourth-order valence-corrected chi connectivity index (χ4v) is 3.81. The molecule has 2 aliphatic rings. The molecular weight excluding hydrogens is 260 g/mol. The lowest BCUT2D eigenvalue weighted by Gasteiger charge is -2.48. The summed E-state index contributed by atoms with van der Waals surface area (Å²) in [5.74, 6) is 0.896. The van der Waals surface area contributed by atoms with Crippen LogP contribution in [-0.4, -0.2) is 41.6 Å². The van der Waals surface area contributed by atoms with E-state index in [2.05, 4.69) is 22.8 Å². The van der Waals surface area contributed by atoms with E-state index in [0.29, 0.717) is 12.1 Å². The molecule has 2 atom stereocenters. The highest BCUT2D eigenvalue weighted by molar-refractivity contribution is 5.59. The minimum atomic E-state index is 0.417. The number of pyridine rings is 1. The van der Waals surface area contributed by atoms with E-state index in [1.807, 2.05) is 19.9 Å². The van der Waals surface area contributed by atoms with Gasteiger partial charge in [-0.25, -0.2) is 4.98 Å². The van der Waals surface area contributed by atoms with Crippen LogP contribution in [0.3, 0.4) is 0 Å². The van der Waals surface area contributed by atoms with Crippen LogP contribution in [-0.2, 0) is 0 Å². The standard InChI is InChI=1S/C17H24N4/c1-12-8-13(2)19-17(16(12)9-18)21-11-15-6-4-5-7-20(15)10-14(21)3/h8,14-15H,4-7,10-11H2,1-3H3. The summed E-state index contributed by atoms with van der Waals surface area (Å²) in [6, 6.07) is 5.41. The summed E-state index contributed by atoms with van der Waals surface area (Å²) in [5, 5.41) is 9.51. The zero-order chi connectivity index (χ0) is 15.0. The second-order valence-corrected chi connectivity index (χ2v) is 6.54. The molecule has 21 heavy (non-hydrogen) atoms. The van der Waals surface area contributed by atoms with Crippen molar-refractivity contribution in [2.75, 3.05) is 24.5 Å². The predicted octanol–water partition coefficient (Wildman–Crippen LogP) is 2.63. The summed E-state index contributed by atoms with van der Waals surface area (Å²) in [5.41, 5.74) is 2.79. The van der Waals surface area contributed by atoms with Gasteiger partial charge < -0.3 is 4.90 Å². The minimum absolute atomic E-state index is 0.417. The maximum Gasteiger partial charge on any atom is 0.147 e. The largest absolute Gasteiger partial charge is 0.350 e. The van der Waals surface area contributed by atoms with Crippen molar-refractivity contribution in [3.8, 4) is 6.07 Å². The summed E-state index contributed by atoms with van der Waals surface area (Å²) in [6.07, 6.45) is 3.93. The Morgan fingerprint density at radius 1 is 1.29 bits per heavy atom. The molecule has 3 heterocycles. The second kappa shape index (κ2) is 5.65. The Bertz CT molecular complexity index is 575. The van der Waals surface area contributed by atoms with Crippen LogP contribution >= 0.6 is 0 Å². The van der Waals surface area contributed by atoms with E-state index >= 15 is 0 Å². The summed E-state index contributed by atoms with van der Waals surface area (Å²) >= 11 is 0. The number of piperazine rings is 1. The quantitative estimate of drug-likeness (QED) is 0.795. The van der Waals surface area contributed by atoms with Crippen molar-refractivity contribution in [3.05, 3.63) is 22.9 Å². The Morgan fingerprint density at radius 3 is 2.86 bits per heavy atom. The number of nitrogens with zero attached hydrogens (tertiary/aromatic N) is 4. The van der Waals surface area contributed by atoms with Gasteiger partial charge in [-0.15, -0.1) is 0 Å². The van der Waals surface area contributed by atoms with Gasteiger partial charge in [0.05, 0.1) is 5.56 Å². The maximum absolute atomic E-state index is 9.51. The van der Waals surface area contributed by atoms with Gasteiger partial charge in [-0.2, -0.15) is 5.26 Å². The van der Waals surface area contributed by atoms with Gasteiger partial charge in [0.25, 0.3) is 0 Å². The van der Waals surface area contributed by atoms with Crippen molar-refractivity contribution < 1.29 is 0 Å². The molecule has 2 saturated heterocycles. The summed E-state index contributed by atoms with van der Waals surface area (Å²) in [7, 11) is 0. The highest BCUT2D eigenvalue weighted by atomic mass is 15.3. The lowest BCUT2D eigenvalue weighted by Crippen LogP contribution is -2.59. The third-order valence-electron chi connectivity index (χ3n) is 4.90. The zero-order valence-electron chi connectivity index (χ0n) is 13.3. The molecule has 0 bridgehead atoms. The van der Waals surface area contributed by atoms with Gasteiger partial charge >= 0.3 is 0 Å². The number of nitriles is 1. The van der Waals surface area contributed by atoms with E-state index < -0.39 is 0 Å². The molecule has 2 fully saturated rings. The van der Waals surface area contributed by atoms with Gasteiger partial charge in [0.15, 0.2) is 0 Å². The first-order valence-electron chi connectivity index (χ1n) is 7.99. The first kappa shape index (κ1) is 14.3. The predicted molar refractivity (Wildman–Crippen MR) is 84.4 cm³/mol. The molecule has 4 heteroatoms. The van der Waals surface area contributed by atoms with Crippen LogP contribution in [0.1, 0.15) is 43.0 Å². The first-order valence-corrected chi connectivity index (χ1v) is 7.99. The molecule has 0 radical (unpaired) electrons. The van der Waals surface area contributed by atoms with Gasteiger partial charge in [-0.1, -0.05) is 6.42 Å². The molecule has 0 aromatic carbocycles. The Labute approximate surface area is 127 Å². The van der Waals surface area contributed by atoms with E-state index in [0.717, 1.165) is 35.7 Å². The molecule has 0 N–H and O–H groups in total. The molecule has 0 aliphatic carbocycles. The number of rotatable bonds is 1. The Hall–Kier alpha value is -1.60. The summed E-state index contributed by atoms with van der Waals surface area (Å²) < 4.78 is 0. The van der Waals surface area contributed by atoms with Crippen molar-refractivity contribution in [3.63, 3.8) is 0 Å². The molecule has 0 amide bonds. The number of aryl methyl sites for hydroxylation is 2. The smallest absolute Gasteiger partial charge is 0.147 e. The fourth-order valence-electron chi connectivity index (χ4n) is 3.81. The molecule has 1 aromatic heterocycles. The van der Waals surface area contributed by atoms with Crippen LogP contribution < -0.4 is 4.90 Å². The molecule has 3 rings (SSSR count). The number of aromatic nitrogens is 1. The van der Waals surface area contributed by atoms with Crippen LogP contribution in [0.2, 0.25) is 0 Å². The highest BCUT2D eigenvalue weighted by Crippen LogP contribution is 2.30. The topological polar surface area (TPSA) is 43.2 Å². The first-order chi connectivity index (χ1) is 10.1. The average molecular weight is 284 g/mol. The number of fused-ring (bicyclic) bond motifs is 1. The summed E-state index contributed by atoms with van der Waals surface area (Å²) in [4.78, 5) is 9.69. The SMILES string of the molecule is Cc1cc(C)c(C#N)c(N2CC3CCCCN3CC2C)n1. The molecule has 112 valence electrons. The molecule has 0 spiro atoms. The van der Waals surface area contributed by atoms with Gasteiger partial charge in [0.1, 0.15) is 11.9 Å². The third-order valence-corrected chi connectivity index (χ3v) is 4.90. The average Bonchev–Trinajstić information content (AvgIpc) is 2.45. The molecule has 0 saturated carbocycles. The lowest BCUT2D eigenvalue weighted by molar-refractivity contribution is 0.115. The van der Waals surface area contributed by atoms with Crippen LogP contribution in [0.25, 0.3) is 0 Å². The Morgan fingerprint density at radius 2 is 2.10 bits per heavy atom. The highest BCUT2D eigenvalue weighted by Gasteiger charge is 2.34. The van der Waals surface area contributed by atoms with Crippen molar-refractivity contribution in [2.45, 2.75) is 52.1 Å². The molecule has 1 aromatic rings. The van der Waals surface area contributed by atoms with Gasteiger partial charge in [-0.05, 0) is 51.8 Å². The second-order valence-electron chi connectivity index (χ2n) is 6.54. The number of hydrogen-bond donors (Lipinski definition) is 0. The van der Waals surface area contributed by atoms with Crippen molar-refractivity contribution in [2.24, 2.45) is 0 Å². The van der Waals surface area contributed by atoms with E-state index in [9.17, 15) is 5.26 Å². The number of piperidine rings is 1. The van der Waals surface area contributed by atoms with Crippen molar-refractivity contribution in [1.82, 2.24) is 9.88 Å². The molecular formula is C17H24N4. The minimum Gasteiger partial charge on any atom is -0.350 e. The van der Waals surface area contributed by atoms with E-state index in [-0.39, 0.29) is 0 Å². The van der Waals surface area contributed by atoms with Crippen LogP contribution in [0, 0.1) is 25.2 Å². The number of hydrogen-bond acceptors (Lipinski definition) is 4. The van der Waals surface area contributed by atoms with Crippen molar-refractivity contribution >= 4 is 5.82 Å². The van der Waals surface area contributed by atoms with Gasteiger partial charge in [0, 0.05) is 30.9 Å². The third kappa shape index (κ3) is 2.63. The lowest BCUT2D eigenvalue weighted by atomic mass is 9.96. The zero-order valence-corrected chi connectivity index (χ0v) is 13.3. The van der Waals surface area contributed by atoms with Gasteiger partial charge in [0.2, 0.25) is 0 Å². The van der Waals surface area contributed by atoms with Crippen LogP contribution in [0.4, 0.5) is 5.82 Å². The monoisotopic (exact) mass is 284 g/mol. The molecule has 4 nitrogen and oxygen atoms in total. The van der Waals surface area contributed by atoms with E-state index in [1.54, 1.807) is 0 Å². The van der Waals surface area contributed by atoms with E-state index in [4.69, 9.17) is 4.98 Å². The Kier molecular flexibility index (Phi) is 3.86. The maximum atomic E-state index is 9.51. The molecule has 2 unspecified atom stereocenters. The summed E-state index contributed by atoms with van der Waals surface area (Å²) in [6.45, 7) is 9.60. The number of anilines is 1. The normalized spacial score (nSPS) is 26.3. The fraction of sp³-hybridized carbons (Fsp3) is 0.647. The van der Waals surface area contributed by atoms with Crippen LogP contribution in [0.5, 0.6) is 0 Å².